The first kappa shape index (κ1) is 21.7. The van der Waals surface area contributed by atoms with Crippen LogP contribution in [0.25, 0.3) is 6.08 Å². The van der Waals surface area contributed by atoms with Gasteiger partial charge in [0.2, 0.25) is 0 Å². The Morgan fingerprint density at radius 1 is 1.10 bits per heavy atom. The lowest BCUT2D eigenvalue weighted by molar-refractivity contribution is -0.123. The number of benzene rings is 2. The lowest BCUT2D eigenvalue weighted by atomic mass is 10.1. The van der Waals surface area contributed by atoms with E-state index in [4.69, 9.17) is 8.92 Å². The summed E-state index contributed by atoms with van der Waals surface area (Å²) >= 11 is 3.04. The largest absolute Gasteiger partial charge is 0.493 e. The molecule has 1 aliphatic heterocycles. The summed E-state index contributed by atoms with van der Waals surface area (Å²) in [7, 11) is -2.33. The first-order valence-electron chi connectivity index (χ1n) is 8.23. The quantitative estimate of drug-likeness (QED) is 0.309. The molecule has 0 atom stereocenters. The summed E-state index contributed by atoms with van der Waals surface area (Å²) in [6, 6.07) is 12.1. The molecule has 29 heavy (non-hydrogen) atoms. The van der Waals surface area contributed by atoms with Gasteiger partial charge < -0.3 is 8.92 Å². The van der Waals surface area contributed by atoms with Crippen molar-refractivity contribution in [3.63, 3.8) is 0 Å². The van der Waals surface area contributed by atoms with Crippen molar-refractivity contribution in [2.75, 3.05) is 13.4 Å². The van der Waals surface area contributed by atoms with Gasteiger partial charge in [-0.15, -0.1) is 0 Å². The summed E-state index contributed by atoms with van der Waals surface area (Å²) in [5.41, 5.74) is 1.43. The molecule has 0 aromatic heterocycles. The van der Waals surface area contributed by atoms with Crippen molar-refractivity contribution < 1.29 is 26.9 Å². The van der Waals surface area contributed by atoms with E-state index >= 15 is 0 Å². The molecule has 1 fully saturated rings. The van der Waals surface area contributed by atoms with Crippen molar-refractivity contribution in [2.45, 2.75) is 6.54 Å². The van der Waals surface area contributed by atoms with E-state index in [0.717, 1.165) is 27.2 Å². The molecule has 3 rings (SSSR count). The number of thioether (sulfide) groups is 1. The fourth-order valence-corrected chi connectivity index (χ4v) is 4.23. The molecule has 0 aliphatic carbocycles. The topological polar surface area (TPSA) is 90.0 Å². The lowest BCUT2D eigenvalue weighted by Crippen LogP contribution is -2.27. The molecule has 0 bridgehead atoms. The van der Waals surface area contributed by atoms with Gasteiger partial charge in [0.05, 0.1) is 24.8 Å². The molecular weight excluding hydrogens is 529 g/mol. The van der Waals surface area contributed by atoms with E-state index in [1.54, 1.807) is 12.1 Å². The predicted octanol–water partition coefficient (Wildman–Crippen LogP) is 3.87. The van der Waals surface area contributed by atoms with Gasteiger partial charge in [-0.05, 0) is 75.8 Å². The Hall–Kier alpha value is -2.05. The molecule has 0 saturated carbocycles. The minimum Gasteiger partial charge on any atom is -0.493 e. The molecular formula is C19H16INO6S2. The average molecular weight is 545 g/mol. The molecule has 0 spiro atoms. The van der Waals surface area contributed by atoms with Crippen LogP contribution in [0.1, 0.15) is 11.1 Å². The van der Waals surface area contributed by atoms with Crippen LogP contribution in [0.4, 0.5) is 4.79 Å². The van der Waals surface area contributed by atoms with Crippen LogP contribution in [0.5, 0.6) is 11.5 Å². The van der Waals surface area contributed by atoms with Crippen molar-refractivity contribution in [1.82, 2.24) is 4.90 Å². The standard InChI is InChI=1S/C19H16INO6S2/c1-26-16-9-13(5-8-15(16)27-29(2,24)25)10-17-18(22)21(19(23)28-17)11-12-3-6-14(20)7-4-12/h3-10H,11H2,1-2H3/b17-10-. The molecule has 10 heteroatoms. The zero-order valence-electron chi connectivity index (χ0n) is 15.4. The highest BCUT2D eigenvalue weighted by atomic mass is 127. The Bertz CT molecular complexity index is 1100. The van der Waals surface area contributed by atoms with Crippen molar-refractivity contribution in [3.8, 4) is 11.5 Å². The molecule has 0 N–H and O–H groups in total. The number of halogens is 1. The van der Waals surface area contributed by atoms with Crippen LogP contribution in [0, 0.1) is 3.57 Å². The Morgan fingerprint density at radius 2 is 1.79 bits per heavy atom. The van der Waals surface area contributed by atoms with E-state index in [-0.39, 0.29) is 34.1 Å². The Morgan fingerprint density at radius 3 is 2.41 bits per heavy atom. The zero-order valence-corrected chi connectivity index (χ0v) is 19.2. The number of hydrogen-bond acceptors (Lipinski definition) is 7. The van der Waals surface area contributed by atoms with E-state index in [0.29, 0.717) is 5.56 Å². The van der Waals surface area contributed by atoms with E-state index in [9.17, 15) is 18.0 Å². The maximum atomic E-state index is 12.7. The maximum Gasteiger partial charge on any atom is 0.306 e. The molecule has 2 aromatic carbocycles. The fourth-order valence-electron chi connectivity index (χ4n) is 2.57. The van der Waals surface area contributed by atoms with E-state index in [2.05, 4.69) is 22.6 Å². The van der Waals surface area contributed by atoms with Gasteiger partial charge in [-0.25, -0.2) is 0 Å². The summed E-state index contributed by atoms with van der Waals surface area (Å²) in [6.45, 7) is 0.198. The number of ether oxygens (including phenoxy) is 1. The molecule has 0 radical (unpaired) electrons. The number of rotatable bonds is 6. The summed E-state index contributed by atoms with van der Waals surface area (Å²) in [5.74, 6) is -0.143. The van der Waals surface area contributed by atoms with Crippen molar-refractivity contribution >= 4 is 61.7 Å². The minimum absolute atomic E-state index is 0.0407. The highest BCUT2D eigenvalue weighted by Crippen LogP contribution is 2.35. The third-order valence-corrected chi connectivity index (χ3v) is 5.96. The first-order valence-corrected chi connectivity index (χ1v) is 11.9. The van der Waals surface area contributed by atoms with E-state index < -0.39 is 10.1 Å². The zero-order chi connectivity index (χ0) is 21.2. The number of methoxy groups -OCH3 is 1. The Kier molecular flexibility index (Phi) is 6.54. The lowest BCUT2D eigenvalue weighted by Gasteiger charge is -2.12. The van der Waals surface area contributed by atoms with E-state index in [1.165, 1.54) is 24.1 Å². The van der Waals surface area contributed by atoms with Crippen molar-refractivity contribution in [2.24, 2.45) is 0 Å². The minimum atomic E-state index is -3.71. The Labute approximate surface area is 186 Å². The molecule has 1 aliphatic rings. The summed E-state index contributed by atoms with van der Waals surface area (Å²) < 4.78 is 33.8. The molecule has 1 heterocycles. The van der Waals surface area contributed by atoms with Crippen LogP contribution in [0.2, 0.25) is 0 Å². The highest BCUT2D eigenvalue weighted by Gasteiger charge is 2.35. The molecule has 1 saturated heterocycles. The van der Waals surface area contributed by atoms with Crippen LogP contribution < -0.4 is 8.92 Å². The van der Waals surface area contributed by atoms with Gasteiger partial charge in [0.15, 0.2) is 11.5 Å². The number of hydrogen-bond donors (Lipinski definition) is 0. The van der Waals surface area contributed by atoms with E-state index in [1.807, 2.05) is 24.3 Å². The number of carbonyl (C=O) groups excluding carboxylic acids is 2. The molecule has 0 unspecified atom stereocenters. The van der Waals surface area contributed by atoms with Crippen molar-refractivity contribution in [3.05, 3.63) is 62.1 Å². The molecule has 2 aromatic rings. The second-order valence-electron chi connectivity index (χ2n) is 6.09. The second-order valence-corrected chi connectivity index (χ2v) is 9.91. The maximum absolute atomic E-state index is 12.7. The molecule has 2 amide bonds. The van der Waals surface area contributed by atoms with Gasteiger partial charge in [0.25, 0.3) is 11.1 Å². The third-order valence-electron chi connectivity index (χ3n) is 3.85. The third kappa shape index (κ3) is 5.52. The van der Waals surface area contributed by atoms with Gasteiger partial charge >= 0.3 is 10.1 Å². The average Bonchev–Trinajstić information content (AvgIpc) is 2.91. The Balaban J connectivity index is 1.82. The van der Waals surface area contributed by atoms with Gasteiger partial charge in [-0.1, -0.05) is 18.2 Å². The van der Waals surface area contributed by atoms with Crippen LogP contribution in [0.3, 0.4) is 0 Å². The second kappa shape index (κ2) is 8.76. The van der Waals surface area contributed by atoms with Gasteiger partial charge in [0.1, 0.15) is 0 Å². The first-order chi connectivity index (χ1) is 13.7. The highest BCUT2D eigenvalue weighted by molar-refractivity contribution is 14.1. The normalized spacial score (nSPS) is 15.8. The van der Waals surface area contributed by atoms with Gasteiger partial charge in [-0.2, -0.15) is 8.42 Å². The number of carbonyl (C=O) groups is 2. The fraction of sp³-hybridized carbons (Fsp3) is 0.158. The smallest absolute Gasteiger partial charge is 0.306 e. The predicted molar refractivity (Wildman–Crippen MR) is 119 cm³/mol. The molecule has 152 valence electrons. The monoisotopic (exact) mass is 545 g/mol. The van der Waals surface area contributed by atoms with Crippen LogP contribution in [0.15, 0.2) is 47.4 Å². The summed E-state index contributed by atoms with van der Waals surface area (Å²) in [6.07, 6.45) is 2.50. The van der Waals surface area contributed by atoms with Crippen LogP contribution >= 0.6 is 34.4 Å². The SMILES string of the molecule is COc1cc(/C=C2\SC(=O)N(Cc3ccc(I)cc3)C2=O)ccc1OS(C)(=O)=O. The summed E-state index contributed by atoms with van der Waals surface area (Å²) in [4.78, 5) is 26.5. The summed E-state index contributed by atoms with van der Waals surface area (Å²) in [5, 5.41) is -0.344. The van der Waals surface area contributed by atoms with Crippen LogP contribution in [-0.2, 0) is 21.5 Å². The van der Waals surface area contributed by atoms with Crippen LogP contribution in [-0.4, -0.2) is 37.8 Å². The van der Waals surface area contributed by atoms with Gasteiger partial charge in [0, 0.05) is 3.57 Å². The number of imide groups is 1. The molecule has 7 nitrogen and oxygen atoms in total. The number of nitrogens with zero attached hydrogens (tertiary/aromatic N) is 1. The van der Waals surface area contributed by atoms with Crippen molar-refractivity contribution in [1.29, 1.82) is 0 Å². The number of amides is 2. The van der Waals surface area contributed by atoms with Gasteiger partial charge in [-0.3, -0.25) is 14.5 Å².